The average molecular weight is 542 g/mol. The molecule has 2 heterocycles. The molecule has 2 spiro atoms. The van der Waals surface area contributed by atoms with Crippen LogP contribution in [-0.4, -0.2) is 71.5 Å². The molecule has 39 heavy (non-hydrogen) atoms. The molecule has 0 radical (unpaired) electrons. The molecule has 6 rings (SSSR count). The molecule has 2 aliphatic carbocycles. The molecule has 3 fully saturated rings. The van der Waals surface area contributed by atoms with Crippen molar-refractivity contribution < 1.29 is 42.7 Å². The first-order chi connectivity index (χ1) is 19.0. The summed E-state index contributed by atoms with van der Waals surface area (Å²) in [6.07, 6.45) is 2.08. The average Bonchev–Trinajstić information content (AvgIpc) is 3.42. The standard InChI is InChI=1S/C29H35NO9/c1-32-18-36-25-22(34-3)9-4-19-10-11-28-16-23(39-26(31)30-28)29(37-14-15-38-29)17-27(28,24(19)25)12-13-35-21-7-5-20(33-2)6-8-21/h4-9,23H,10-18H2,1-3H3,(H,30,31)/t23-,27-,28+/m1/s1. The molecule has 1 amide bonds. The predicted molar refractivity (Wildman–Crippen MR) is 139 cm³/mol. The molecule has 3 atom stereocenters. The van der Waals surface area contributed by atoms with Crippen molar-refractivity contribution in [3.05, 3.63) is 47.5 Å². The van der Waals surface area contributed by atoms with Gasteiger partial charge in [0, 0.05) is 30.9 Å². The van der Waals surface area contributed by atoms with Gasteiger partial charge in [-0.15, -0.1) is 0 Å². The molecular weight excluding hydrogens is 506 g/mol. The Morgan fingerprint density at radius 1 is 0.974 bits per heavy atom. The molecular formula is C29H35NO9. The lowest BCUT2D eigenvalue weighted by atomic mass is 9.49. The molecule has 2 aromatic carbocycles. The van der Waals surface area contributed by atoms with Crippen LogP contribution in [0.3, 0.4) is 0 Å². The van der Waals surface area contributed by atoms with Gasteiger partial charge in [0.1, 0.15) is 11.5 Å². The van der Waals surface area contributed by atoms with Gasteiger partial charge in [-0.25, -0.2) is 4.79 Å². The van der Waals surface area contributed by atoms with Crippen molar-refractivity contribution in [3.8, 4) is 23.0 Å². The van der Waals surface area contributed by atoms with Crippen LogP contribution in [0.15, 0.2) is 36.4 Å². The van der Waals surface area contributed by atoms with Gasteiger partial charge in [-0.1, -0.05) is 6.07 Å². The number of amides is 1. The van der Waals surface area contributed by atoms with Crippen LogP contribution in [0.5, 0.6) is 23.0 Å². The van der Waals surface area contributed by atoms with Gasteiger partial charge in [-0.3, -0.25) is 0 Å². The number of rotatable bonds is 9. The van der Waals surface area contributed by atoms with Gasteiger partial charge in [0.15, 0.2) is 24.4 Å². The molecule has 0 aromatic heterocycles. The number of aryl methyl sites for hydroxylation is 1. The molecule has 1 N–H and O–H groups in total. The highest BCUT2D eigenvalue weighted by Gasteiger charge is 2.70. The molecule has 10 nitrogen and oxygen atoms in total. The van der Waals surface area contributed by atoms with E-state index in [2.05, 4.69) is 11.4 Å². The molecule has 210 valence electrons. The smallest absolute Gasteiger partial charge is 0.408 e. The predicted octanol–water partition coefficient (Wildman–Crippen LogP) is 3.72. The molecule has 2 bridgehead atoms. The fourth-order valence-electron chi connectivity index (χ4n) is 7.09. The maximum atomic E-state index is 13.1. The van der Waals surface area contributed by atoms with Gasteiger partial charge in [0.2, 0.25) is 5.79 Å². The Morgan fingerprint density at radius 2 is 1.74 bits per heavy atom. The fourth-order valence-corrected chi connectivity index (χ4v) is 7.09. The van der Waals surface area contributed by atoms with Crippen LogP contribution in [0.2, 0.25) is 0 Å². The van der Waals surface area contributed by atoms with Crippen LogP contribution in [0, 0.1) is 0 Å². The minimum atomic E-state index is -1.06. The van der Waals surface area contributed by atoms with Gasteiger partial charge in [-0.2, -0.15) is 0 Å². The number of ether oxygens (including phenoxy) is 8. The summed E-state index contributed by atoms with van der Waals surface area (Å²) in [6, 6.07) is 11.5. The van der Waals surface area contributed by atoms with Crippen molar-refractivity contribution in [2.24, 2.45) is 0 Å². The first kappa shape index (κ1) is 26.0. The van der Waals surface area contributed by atoms with Gasteiger partial charge in [-0.05, 0) is 55.2 Å². The zero-order valence-electron chi connectivity index (χ0n) is 22.6. The lowest BCUT2D eigenvalue weighted by Crippen LogP contribution is -2.76. The first-order valence-electron chi connectivity index (χ1n) is 13.3. The second-order valence-electron chi connectivity index (χ2n) is 10.5. The van der Waals surface area contributed by atoms with E-state index in [0.29, 0.717) is 50.6 Å². The highest BCUT2D eigenvalue weighted by atomic mass is 16.8. The SMILES string of the molecule is COCOc1c(OC)ccc2c1[C@@]1(CCOc3ccc(OC)cc3)CC3(OCCO3)[C@H]3C[C@]1(CC2)NC(=O)O3. The number of benzene rings is 2. The fraction of sp³-hybridized carbons (Fsp3) is 0.552. The summed E-state index contributed by atoms with van der Waals surface area (Å²) >= 11 is 0. The van der Waals surface area contributed by atoms with E-state index >= 15 is 0 Å². The van der Waals surface area contributed by atoms with Crippen LogP contribution in [-0.2, 0) is 30.8 Å². The number of fused-ring (bicyclic) bond motifs is 4. The van der Waals surface area contributed by atoms with Crippen molar-refractivity contribution in [2.45, 2.75) is 54.9 Å². The largest absolute Gasteiger partial charge is 0.497 e. The van der Waals surface area contributed by atoms with E-state index < -0.39 is 28.9 Å². The minimum Gasteiger partial charge on any atom is -0.497 e. The van der Waals surface area contributed by atoms with E-state index in [4.69, 9.17) is 37.9 Å². The monoisotopic (exact) mass is 541 g/mol. The van der Waals surface area contributed by atoms with Crippen LogP contribution >= 0.6 is 0 Å². The van der Waals surface area contributed by atoms with Crippen LogP contribution < -0.4 is 24.3 Å². The zero-order chi connectivity index (χ0) is 27.1. The van der Waals surface area contributed by atoms with Crippen molar-refractivity contribution in [1.82, 2.24) is 5.32 Å². The second kappa shape index (κ2) is 10.1. The number of hydrogen-bond donors (Lipinski definition) is 1. The summed E-state index contributed by atoms with van der Waals surface area (Å²) in [6.45, 7) is 1.30. The number of alkyl carbamates (subject to hydrolysis) is 1. The topological polar surface area (TPSA) is 103 Å². The Bertz CT molecular complexity index is 1210. The highest BCUT2D eigenvalue weighted by Crippen LogP contribution is 2.63. The number of carbonyl (C=O) groups is 1. The third-order valence-corrected chi connectivity index (χ3v) is 8.76. The van der Waals surface area contributed by atoms with E-state index in [1.807, 2.05) is 30.3 Å². The number of methoxy groups -OCH3 is 3. The van der Waals surface area contributed by atoms with Gasteiger partial charge >= 0.3 is 6.09 Å². The Hall–Kier alpha value is -3.21. The summed E-state index contributed by atoms with van der Waals surface area (Å²) in [5.74, 6) is 1.63. The van der Waals surface area contributed by atoms with Crippen molar-refractivity contribution in [1.29, 1.82) is 0 Å². The summed E-state index contributed by atoms with van der Waals surface area (Å²) in [5.41, 5.74) is 0.804. The van der Waals surface area contributed by atoms with Crippen molar-refractivity contribution in [3.63, 3.8) is 0 Å². The quantitative estimate of drug-likeness (QED) is 0.476. The molecule has 0 unspecified atom stereocenters. The van der Waals surface area contributed by atoms with E-state index in [-0.39, 0.29) is 6.79 Å². The van der Waals surface area contributed by atoms with Crippen LogP contribution in [0.25, 0.3) is 0 Å². The van der Waals surface area contributed by atoms with Crippen LogP contribution in [0.1, 0.15) is 36.8 Å². The Morgan fingerprint density at radius 3 is 2.46 bits per heavy atom. The minimum absolute atomic E-state index is 0.0501. The normalized spacial score (nSPS) is 28.1. The number of carbonyl (C=O) groups excluding carboxylic acids is 1. The maximum Gasteiger partial charge on any atom is 0.408 e. The molecule has 1 saturated carbocycles. The Labute approximate surface area is 227 Å². The number of nitrogens with one attached hydrogen (secondary N) is 1. The van der Waals surface area contributed by atoms with E-state index in [9.17, 15) is 4.79 Å². The summed E-state index contributed by atoms with van der Waals surface area (Å²) in [4.78, 5) is 13.1. The maximum absolute atomic E-state index is 13.1. The highest BCUT2D eigenvalue weighted by molar-refractivity contribution is 5.72. The molecule has 10 heteroatoms. The lowest BCUT2D eigenvalue weighted by molar-refractivity contribution is -0.273. The summed E-state index contributed by atoms with van der Waals surface area (Å²) in [5, 5.41) is 3.26. The Kier molecular flexibility index (Phi) is 6.73. The van der Waals surface area contributed by atoms with Gasteiger partial charge < -0.3 is 43.2 Å². The third kappa shape index (κ3) is 4.16. The first-order valence-corrected chi connectivity index (χ1v) is 13.3. The number of hydrogen-bond acceptors (Lipinski definition) is 9. The third-order valence-electron chi connectivity index (χ3n) is 8.76. The Balaban J connectivity index is 1.48. The molecule has 2 saturated heterocycles. The molecule has 2 aliphatic heterocycles. The second-order valence-corrected chi connectivity index (χ2v) is 10.5. The van der Waals surface area contributed by atoms with E-state index in [1.54, 1.807) is 21.3 Å². The van der Waals surface area contributed by atoms with Gasteiger partial charge in [0.25, 0.3) is 0 Å². The molecule has 2 aromatic rings. The molecule has 4 aliphatic rings. The van der Waals surface area contributed by atoms with Crippen molar-refractivity contribution in [2.75, 3.05) is 47.9 Å². The van der Waals surface area contributed by atoms with E-state index in [0.717, 1.165) is 35.5 Å². The summed E-state index contributed by atoms with van der Waals surface area (Å²) < 4.78 is 47.2. The van der Waals surface area contributed by atoms with E-state index in [1.165, 1.54) is 0 Å². The van der Waals surface area contributed by atoms with Crippen molar-refractivity contribution >= 4 is 6.09 Å². The zero-order valence-corrected chi connectivity index (χ0v) is 22.6. The van der Waals surface area contributed by atoms with Crippen LogP contribution in [0.4, 0.5) is 4.79 Å². The van der Waals surface area contributed by atoms with Gasteiger partial charge in [0.05, 0.1) is 39.6 Å². The summed E-state index contributed by atoms with van der Waals surface area (Å²) in [7, 11) is 4.84. The lowest BCUT2D eigenvalue weighted by Gasteiger charge is -2.63.